The standard InChI is InChI=1S/C19H19ClN2O2/c1-13(23)22-12-15(16-7-3-5-9-18(16)22)10-19(24)21-11-14-6-2-4-8-17(14)20/h2-9,15H,10-12H2,1H3,(H,21,24). The number of halogens is 1. The zero-order chi connectivity index (χ0) is 17.1. The molecule has 0 aliphatic carbocycles. The summed E-state index contributed by atoms with van der Waals surface area (Å²) in [6.07, 6.45) is 0.352. The van der Waals surface area contributed by atoms with Crippen molar-refractivity contribution in [3.05, 3.63) is 64.7 Å². The molecule has 5 heteroatoms. The number of carbonyl (C=O) groups is 2. The lowest BCUT2D eigenvalue weighted by molar-refractivity contribution is -0.122. The van der Waals surface area contributed by atoms with E-state index in [1.54, 1.807) is 17.9 Å². The van der Waals surface area contributed by atoms with Crippen LogP contribution in [0, 0.1) is 0 Å². The van der Waals surface area contributed by atoms with Gasteiger partial charge in [-0.3, -0.25) is 9.59 Å². The molecule has 0 saturated carbocycles. The van der Waals surface area contributed by atoms with Crippen molar-refractivity contribution >= 4 is 29.1 Å². The first-order valence-electron chi connectivity index (χ1n) is 7.93. The van der Waals surface area contributed by atoms with Gasteiger partial charge in [0.1, 0.15) is 0 Å². The molecule has 2 amide bonds. The van der Waals surface area contributed by atoms with Crippen LogP contribution in [0.3, 0.4) is 0 Å². The van der Waals surface area contributed by atoms with Gasteiger partial charge >= 0.3 is 0 Å². The van der Waals surface area contributed by atoms with Gasteiger partial charge in [0.05, 0.1) is 0 Å². The van der Waals surface area contributed by atoms with Crippen LogP contribution in [0.2, 0.25) is 5.02 Å². The SMILES string of the molecule is CC(=O)N1CC(CC(=O)NCc2ccccc2Cl)c2ccccc21. The Kier molecular flexibility index (Phi) is 4.86. The van der Waals surface area contributed by atoms with Crippen molar-refractivity contribution < 1.29 is 9.59 Å². The minimum atomic E-state index is -0.0416. The third-order valence-electron chi connectivity index (χ3n) is 4.32. The summed E-state index contributed by atoms with van der Waals surface area (Å²) in [6.45, 7) is 2.51. The van der Waals surface area contributed by atoms with Crippen molar-refractivity contribution in [2.24, 2.45) is 0 Å². The van der Waals surface area contributed by atoms with Crippen LogP contribution in [0.1, 0.15) is 30.4 Å². The second kappa shape index (κ2) is 7.05. The maximum atomic E-state index is 12.3. The molecular weight excluding hydrogens is 324 g/mol. The van der Waals surface area contributed by atoms with Crippen LogP contribution in [-0.4, -0.2) is 18.4 Å². The van der Waals surface area contributed by atoms with Gasteiger partial charge in [-0.05, 0) is 23.3 Å². The minimum Gasteiger partial charge on any atom is -0.352 e. The Morgan fingerprint density at radius 1 is 1.17 bits per heavy atom. The van der Waals surface area contributed by atoms with Gasteiger partial charge < -0.3 is 10.2 Å². The molecule has 2 aromatic carbocycles. The third-order valence-corrected chi connectivity index (χ3v) is 4.68. The first-order valence-corrected chi connectivity index (χ1v) is 8.31. The lowest BCUT2D eigenvalue weighted by atomic mass is 9.97. The van der Waals surface area contributed by atoms with E-state index < -0.39 is 0 Å². The molecule has 0 radical (unpaired) electrons. The van der Waals surface area contributed by atoms with Gasteiger partial charge in [-0.1, -0.05) is 48.0 Å². The molecule has 124 valence electrons. The van der Waals surface area contributed by atoms with E-state index in [-0.39, 0.29) is 17.7 Å². The Morgan fingerprint density at radius 2 is 1.88 bits per heavy atom. The molecule has 4 nitrogen and oxygen atoms in total. The number of nitrogens with zero attached hydrogens (tertiary/aromatic N) is 1. The van der Waals surface area contributed by atoms with Crippen LogP contribution in [0.4, 0.5) is 5.69 Å². The zero-order valence-electron chi connectivity index (χ0n) is 13.5. The van der Waals surface area contributed by atoms with E-state index >= 15 is 0 Å². The molecule has 0 spiro atoms. The molecular formula is C19H19ClN2O2. The number of benzene rings is 2. The maximum Gasteiger partial charge on any atom is 0.223 e. The molecule has 0 aromatic heterocycles. The second-order valence-electron chi connectivity index (χ2n) is 5.96. The quantitative estimate of drug-likeness (QED) is 0.924. The fourth-order valence-corrected chi connectivity index (χ4v) is 3.30. The summed E-state index contributed by atoms with van der Waals surface area (Å²) in [6, 6.07) is 15.2. The number of hydrogen-bond acceptors (Lipinski definition) is 2. The van der Waals surface area contributed by atoms with E-state index in [2.05, 4.69) is 5.32 Å². The molecule has 0 saturated heterocycles. The summed E-state index contributed by atoms with van der Waals surface area (Å²) in [5.74, 6) is -0.0158. The van der Waals surface area contributed by atoms with Crippen LogP contribution >= 0.6 is 11.6 Å². The van der Waals surface area contributed by atoms with Crippen molar-refractivity contribution in [2.75, 3.05) is 11.4 Å². The monoisotopic (exact) mass is 342 g/mol. The Labute approximate surface area is 146 Å². The van der Waals surface area contributed by atoms with E-state index in [9.17, 15) is 9.59 Å². The van der Waals surface area contributed by atoms with E-state index in [1.165, 1.54) is 0 Å². The number of carbonyl (C=O) groups excluding carboxylic acids is 2. The average Bonchev–Trinajstić information content (AvgIpc) is 2.93. The number of hydrogen-bond donors (Lipinski definition) is 1. The molecule has 3 rings (SSSR count). The van der Waals surface area contributed by atoms with Crippen LogP contribution in [0.5, 0.6) is 0 Å². The predicted molar refractivity (Wildman–Crippen MR) is 95.1 cm³/mol. The second-order valence-corrected chi connectivity index (χ2v) is 6.36. The van der Waals surface area contributed by atoms with Crippen molar-refractivity contribution in [1.82, 2.24) is 5.32 Å². The number of nitrogens with one attached hydrogen (secondary N) is 1. The predicted octanol–water partition coefficient (Wildman–Crippen LogP) is 3.50. The smallest absolute Gasteiger partial charge is 0.223 e. The van der Waals surface area contributed by atoms with Gasteiger partial charge in [-0.25, -0.2) is 0 Å². The van der Waals surface area contributed by atoms with Gasteiger partial charge in [-0.2, -0.15) is 0 Å². The molecule has 1 N–H and O–H groups in total. The van der Waals surface area contributed by atoms with E-state index in [0.717, 1.165) is 16.8 Å². The number of fused-ring (bicyclic) bond motifs is 1. The molecule has 0 bridgehead atoms. The van der Waals surface area contributed by atoms with Gasteiger partial charge in [0, 0.05) is 43.1 Å². The van der Waals surface area contributed by atoms with E-state index in [4.69, 9.17) is 11.6 Å². The average molecular weight is 343 g/mol. The van der Waals surface area contributed by atoms with Crippen LogP contribution in [0.15, 0.2) is 48.5 Å². The largest absolute Gasteiger partial charge is 0.352 e. The van der Waals surface area contributed by atoms with Crippen molar-refractivity contribution in [3.63, 3.8) is 0 Å². The molecule has 1 atom stereocenters. The van der Waals surface area contributed by atoms with E-state index in [0.29, 0.717) is 24.5 Å². The van der Waals surface area contributed by atoms with Crippen LogP contribution in [-0.2, 0) is 16.1 Å². The Morgan fingerprint density at radius 3 is 2.62 bits per heavy atom. The highest BCUT2D eigenvalue weighted by Crippen LogP contribution is 2.37. The minimum absolute atomic E-state index is 0.00132. The molecule has 1 heterocycles. The highest BCUT2D eigenvalue weighted by Gasteiger charge is 2.31. The molecule has 1 aliphatic heterocycles. The van der Waals surface area contributed by atoms with Crippen LogP contribution < -0.4 is 10.2 Å². The maximum absolute atomic E-state index is 12.3. The molecule has 1 aliphatic rings. The fourth-order valence-electron chi connectivity index (χ4n) is 3.10. The first kappa shape index (κ1) is 16.5. The lowest BCUT2D eigenvalue weighted by Gasteiger charge is -2.15. The highest BCUT2D eigenvalue weighted by molar-refractivity contribution is 6.31. The van der Waals surface area contributed by atoms with E-state index in [1.807, 2.05) is 42.5 Å². The Hall–Kier alpha value is -2.33. The summed E-state index contributed by atoms with van der Waals surface area (Å²) >= 11 is 6.10. The van der Waals surface area contributed by atoms with Gasteiger partial charge in [0.25, 0.3) is 0 Å². The summed E-state index contributed by atoms with van der Waals surface area (Å²) in [7, 11) is 0. The van der Waals surface area contributed by atoms with Crippen molar-refractivity contribution in [3.8, 4) is 0 Å². The van der Waals surface area contributed by atoms with Gasteiger partial charge in [0.15, 0.2) is 0 Å². The van der Waals surface area contributed by atoms with Gasteiger partial charge in [0.2, 0.25) is 11.8 Å². The molecule has 24 heavy (non-hydrogen) atoms. The van der Waals surface area contributed by atoms with Gasteiger partial charge in [-0.15, -0.1) is 0 Å². The summed E-state index contributed by atoms with van der Waals surface area (Å²) < 4.78 is 0. The number of amides is 2. The normalized spacial score (nSPS) is 15.9. The van der Waals surface area contributed by atoms with Crippen LogP contribution in [0.25, 0.3) is 0 Å². The summed E-state index contributed by atoms with van der Waals surface area (Å²) in [4.78, 5) is 25.8. The molecule has 0 fully saturated rings. The fraction of sp³-hybridized carbons (Fsp3) is 0.263. The number of anilines is 1. The molecule has 1 unspecified atom stereocenters. The highest BCUT2D eigenvalue weighted by atomic mass is 35.5. The lowest BCUT2D eigenvalue weighted by Crippen LogP contribution is -2.29. The Balaban J connectivity index is 1.65. The number of rotatable bonds is 4. The van der Waals surface area contributed by atoms with Crippen molar-refractivity contribution in [1.29, 1.82) is 0 Å². The third kappa shape index (κ3) is 3.44. The Bertz CT molecular complexity index is 775. The van der Waals surface area contributed by atoms with Crippen molar-refractivity contribution in [2.45, 2.75) is 25.8 Å². The summed E-state index contributed by atoms with van der Waals surface area (Å²) in [5, 5.41) is 3.56. The topological polar surface area (TPSA) is 49.4 Å². The summed E-state index contributed by atoms with van der Waals surface area (Å²) in [5.41, 5.74) is 2.86. The zero-order valence-corrected chi connectivity index (χ0v) is 14.2. The first-order chi connectivity index (χ1) is 11.6. The number of para-hydroxylation sites is 1. The molecule has 2 aromatic rings.